The number of anilines is 2. The lowest BCUT2D eigenvalue weighted by atomic mass is 10.2. The molecule has 7 nitrogen and oxygen atoms in total. The van der Waals surface area contributed by atoms with Crippen molar-refractivity contribution in [3.8, 4) is 0 Å². The smallest absolute Gasteiger partial charge is 0.310 e. The van der Waals surface area contributed by atoms with Crippen LogP contribution in [0.4, 0.5) is 11.6 Å². The highest BCUT2D eigenvalue weighted by atomic mass is 35.5. The maximum absolute atomic E-state index is 12.9. The first-order valence-corrected chi connectivity index (χ1v) is 9.05. The molecule has 0 spiro atoms. The van der Waals surface area contributed by atoms with E-state index in [0.717, 1.165) is 17.7 Å². The number of aromatic nitrogens is 4. The molecule has 136 valence electrons. The van der Waals surface area contributed by atoms with Crippen molar-refractivity contribution in [2.24, 2.45) is 7.05 Å². The molecule has 1 aromatic carbocycles. The Labute approximate surface area is 155 Å². The predicted octanol–water partition coefficient (Wildman–Crippen LogP) is 2.42. The normalized spacial score (nSPS) is 13.6. The Balaban J connectivity index is 1.95. The fraction of sp³-hybridized carbons (Fsp3) is 0.389. The Hall–Kier alpha value is -2.54. The van der Waals surface area contributed by atoms with Crippen molar-refractivity contribution in [1.29, 1.82) is 0 Å². The highest BCUT2D eigenvalue weighted by Gasteiger charge is 2.28. The summed E-state index contributed by atoms with van der Waals surface area (Å²) in [6, 6.07) is 5.86. The van der Waals surface area contributed by atoms with Crippen molar-refractivity contribution in [1.82, 2.24) is 18.7 Å². The van der Waals surface area contributed by atoms with Gasteiger partial charge in [0.05, 0.1) is 0 Å². The number of halogens is 1. The third-order valence-corrected chi connectivity index (χ3v) is 5.32. The second kappa shape index (κ2) is 6.02. The van der Waals surface area contributed by atoms with Crippen LogP contribution < -0.4 is 16.1 Å². The molecule has 1 aliphatic heterocycles. The molecule has 8 heteroatoms. The largest absolute Gasteiger partial charge is 0.332 e. The summed E-state index contributed by atoms with van der Waals surface area (Å²) >= 11 is 6.27. The van der Waals surface area contributed by atoms with Crippen LogP contribution in [0.15, 0.2) is 27.8 Å². The van der Waals surface area contributed by atoms with E-state index in [9.17, 15) is 9.59 Å². The Morgan fingerprint density at radius 3 is 2.69 bits per heavy atom. The van der Waals surface area contributed by atoms with E-state index < -0.39 is 0 Å². The van der Waals surface area contributed by atoms with Gasteiger partial charge in [-0.25, -0.2) is 4.79 Å². The Kier molecular flexibility index (Phi) is 3.91. The molecule has 0 atom stereocenters. The molecular formula is C18H20ClN5O2. The Bertz CT molecular complexity index is 1140. The Morgan fingerprint density at radius 2 is 2.00 bits per heavy atom. The van der Waals surface area contributed by atoms with Gasteiger partial charge in [0.2, 0.25) is 5.95 Å². The van der Waals surface area contributed by atoms with Crippen LogP contribution in [0.2, 0.25) is 5.02 Å². The summed E-state index contributed by atoms with van der Waals surface area (Å²) in [5.74, 6) is 0.668. The van der Waals surface area contributed by atoms with Crippen LogP contribution in [0.1, 0.15) is 18.9 Å². The van der Waals surface area contributed by atoms with E-state index in [2.05, 4.69) is 4.98 Å². The molecule has 26 heavy (non-hydrogen) atoms. The standard InChI is InChI=1S/C18H20ClN5O2/c1-4-7-24-16(25)14-15(21(3)18(24)26)20-17-22(8-9-23(14)17)12-6-5-11(2)13(19)10-12/h5-6,10H,4,7-9H2,1-3H3. The van der Waals surface area contributed by atoms with Gasteiger partial charge in [0.1, 0.15) is 0 Å². The van der Waals surface area contributed by atoms with Gasteiger partial charge in [-0.1, -0.05) is 24.6 Å². The van der Waals surface area contributed by atoms with Crippen LogP contribution >= 0.6 is 11.6 Å². The molecule has 0 bridgehead atoms. The zero-order valence-corrected chi connectivity index (χ0v) is 15.7. The molecule has 0 aliphatic carbocycles. The minimum Gasteiger partial charge on any atom is -0.310 e. The number of fused-ring (bicyclic) bond motifs is 3. The lowest BCUT2D eigenvalue weighted by Gasteiger charge is -2.16. The summed E-state index contributed by atoms with van der Waals surface area (Å²) in [5, 5.41) is 0.690. The van der Waals surface area contributed by atoms with Crippen LogP contribution in [0, 0.1) is 6.92 Å². The van der Waals surface area contributed by atoms with Gasteiger partial charge in [0.25, 0.3) is 5.56 Å². The molecule has 0 saturated carbocycles. The molecule has 0 saturated heterocycles. The van der Waals surface area contributed by atoms with Crippen molar-refractivity contribution in [2.45, 2.75) is 33.4 Å². The molecule has 0 amide bonds. The molecule has 0 radical (unpaired) electrons. The summed E-state index contributed by atoms with van der Waals surface area (Å²) in [4.78, 5) is 32.1. The van der Waals surface area contributed by atoms with Crippen LogP contribution in [0.25, 0.3) is 11.2 Å². The van der Waals surface area contributed by atoms with Crippen molar-refractivity contribution in [3.63, 3.8) is 0 Å². The van der Waals surface area contributed by atoms with E-state index in [0.29, 0.717) is 41.8 Å². The van der Waals surface area contributed by atoms with Gasteiger partial charge in [0.15, 0.2) is 11.2 Å². The zero-order valence-electron chi connectivity index (χ0n) is 15.0. The van der Waals surface area contributed by atoms with E-state index >= 15 is 0 Å². The van der Waals surface area contributed by atoms with Gasteiger partial charge in [-0.3, -0.25) is 13.9 Å². The molecular weight excluding hydrogens is 354 g/mol. The summed E-state index contributed by atoms with van der Waals surface area (Å²) < 4.78 is 4.65. The third kappa shape index (κ3) is 2.30. The maximum Gasteiger partial charge on any atom is 0.332 e. The van der Waals surface area contributed by atoms with E-state index in [1.807, 2.05) is 41.5 Å². The van der Waals surface area contributed by atoms with Crippen molar-refractivity contribution in [3.05, 3.63) is 49.6 Å². The van der Waals surface area contributed by atoms with Gasteiger partial charge in [-0.05, 0) is 31.0 Å². The second-order valence-corrected chi connectivity index (χ2v) is 7.03. The van der Waals surface area contributed by atoms with Gasteiger partial charge in [-0.15, -0.1) is 0 Å². The summed E-state index contributed by atoms with van der Waals surface area (Å²) in [6.45, 7) is 5.64. The number of benzene rings is 1. The van der Waals surface area contributed by atoms with E-state index in [4.69, 9.17) is 11.6 Å². The first kappa shape index (κ1) is 16.9. The average molecular weight is 374 g/mol. The summed E-state index contributed by atoms with van der Waals surface area (Å²) in [5.41, 5.74) is 2.24. The number of rotatable bonds is 3. The molecule has 4 rings (SSSR count). The van der Waals surface area contributed by atoms with Gasteiger partial charge >= 0.3 is 5.69 Å². The fourth-order valence-corrected chi connectivity index (χ4v) is 3.67. The Morgan fingerprint density at radius 1 is 1.23 bits per heavy atom. The lowest BCUT2D eigenvalue weighted by molar-refractivity contribution is 0.590. The summed E-state index contributed by atoms with van der Waals surface area (Å²) in [6.07, 6.45) is 0.718. The fourth-order valence-electron chi connectivity index (χ4n) is 3.49. The van der Waals surface area contributed by atoms with Gasteiger partial charge in [-0.2, -0.15) is 4.98 Å². The molecule has 3 heterocycles. The van der Waals surface area contributed by atoms with Crippen LogP contribution in [0.5, 0.6) is 0 Å². The van der Waals surface area contributed by atoms with Gasteiger partial charge in [0, 0.05) is 37.4 Å². The van der Waals surface area contributed by atoms with Gasteiger partial charge < -0.3 is 9.47 Å². The number of aryl methyl sites for hydroxylation is 2. The predicted molar refractivity (Wildman–Crippen MR) is 103 cm³/mol. The first-order chi connectivity index (χ1) is 12.4. The van der Waals surface area contributed by atoms with E-state index in [1.54, 1.807) is 7.05 Å². The molecule has 0 fully saturated rings. The van der Waals surface area contributed by atoms with Crippen molar-refractivity contribution < 1.29 is 0 Å². The quantitative estimate of drug-likeness (QED) is 0.707. The van der Waals surface area contributed by atoms with Crippen molar-refractivity contribution >= 4 is 34.4 Å². The van der Waals surface area contributed by atoms with E-state index in [-0.39, 0.29) is 11.2 Å². The highest BCUT2D eigenvalue weighted by Crippen LogP contribution is 2.33. The molecule has 0 N–H and O–H groups in total. The number of hydrogen-bond donors (Lipinski definition) is 0. The number of hydrogen-bond acceptors (Lipinski definition) is 4. The first-order valence-electron chi connectivity index (χ1n) is 8.67. The molecule has 1 aliphatic rings. The number of nitrogens with zero attached hydrogens (tertiary/aromatic N) is 5. The minimum atomic E-state index is -0.328. The zero-order chi connectivity index (χ0) is 18.6. The highest BCUT2D eigenvalue weighted by molar-refractivity contribution is 6.31. The molecule has 3 aromatic rings. The van der Waals surface area contributed by atoms with Crippen LogP contribution in [-0.4, -0.2) is 25.2 Å². The minimum absolute atomic E-state index is 0.271. The maximum atomic E-state index is 12.9. The van der Waals surface area contributed by atoms with Crippen LogP contribution in [0.3, 0.4) is 0 Å². The van der Waals surface area contributed by atoms with Crippen LogP contribution in [-0.2, 0) is 20.1 Å². The molecule has 0 unspecified atom stereocenters. The average Bonchev–Trinajstić information content (AvgIpc) is 3.18. The lowest BCUT2D eigenvalue weighted by Crippen LogP contribution is -2.39. The SMILES string of the molecule is CCCn1c(=O)c2c(nc3n2CCN3c2ccc(C)c(Cl)c2)n(C)c1=O. The third-order valence-electron chi connectivity index (χ3n) is 4.92. The topological polar surface area (TPSA) is 65.1 Å². The monoisotopic (exact) mass is 373 g/mol. The second-order valence-electron chi connectivity index (χ2n) is 6.62. The van der Waals surface area contributed by atoms with Crippen molar-refractivity contribution in [2.75, 3.05) is 11.4 Å². The number of imidazole rings is 1. The van der Waals surface area contributed by atoms with E-state index in [1.165, 1.54) is 9.13 Å². The molecule has 2 aromatic heterocycles. The summed E-state index contributed by atoms with van der Waals surface area (Å²) in [7, 11) is 1.66.